The maximum Gasteiger partial charge on any atom is 0.259 e. The third-order valence-corrected chi connectivity index (χ3v) is 5.66. The standard InChI is InChI=1S/C18H25N5O2S/c1-13(2)10-23-11-15(16-6-5-8-19-18(16)23)7-9-20-26(24,25)17-12-22(4)14(3)21-17/h5-6,8,11-13,20H,7,9-10H2,1-4H3. The van der Waals surface area contributed by atoms with Gasteiger partial charge in [0, 0.05) is 44.1 Å². The number of nitrogens with one attached hydrogen (secondary N) is 1. The van der Waals surface area contributed by atoms with E-state index in [1.807, 2.05) is 12.1 Å². The van der Waals surface area contributed by atoms with Gasteiger partial charge < -0.3 is 9.13 Å². The van der Waals surface area contributed by atoms with Crippen molar-refractivity contribution in [2.75, 3.05) is 6.54 Å². The minimum Gasteiger partial charge on any atom is -0.337 e. The minimum atomic E-state index is -3.60. The third-order valence-electron chi connectivity index (χ3n) is 4.33. The molecule has 3 aromatic heterocycles. The van der Waals surface area contributed by atoms with E-state index in [4.69, 9.17) is 0 Å². The van der Waals surface area contributed by atoms with Gasteiger partial charge in [0.25, 0.3) is 10.0 Å². The van der Waals surface area contributed by atoms with Gasteiger partial charge in [-0.3, -0.25) is 0 Å². The molecule has 3 rings (SSSR count). The number of rotatable bonds is 7. The first-order chi connectivity index (χ1) is 12.3. The van der Waals surface area contributed by atoms with Crippen LogP contribution in [0, 0.1) is 12.8 Å². The quantitative estimate of drug-likeness (QED) is 0.687. The molecule has 8 heteroatoms. The van der Waals surface area contributed by atoms with Crippen LogP contribution in [0.15, 0.2) is 35.7 Å². The number of pyridine rings is 1. The number of hydrogen-bond donors (Lipinski definition) is 1. The largest absolute Gasteiger partial charge is 0.337 e. The van der Waals surface area contributed by atoms with Crippen molar-refractivity contribution in [1.29, 1.82) is 0 Å². The zero-order valence-corrected chi connectivity index (χ0v) is 16.4. The topological polar surface area (TPSA) is 81.8 Å². The van der Waals surface area contributed by atoms with Crippen molar-refractivity contribution in [2.45, 2.75) is 38.8 Å². The fourth-order valence-electron chi connectivity index (χ4n) is 2.98. The van der Waals surface area contributed by atoms with E-state index in [1.165, 1.54) is 6.20 Å². The number of imidazole rings is 1. The molecule has 3 heterocycles. The molecule has 0 fully saturated rings. The zero-order valence-electron chi connectivity index (χ0n) is 15.6. The second kappa shape index (κ2) is 7.20. The van der Waals surface area contributed by atoms with Crippen LogP contribution in [-0.2, 0) is 30.0 Å². The summed E-state index contributed by atoms with van der Waals surface area (Å²) >= 11 is 0. The molecule has 0 bridgehead atoms. The molecule has 0 saturated heterocycles. The van der Waals surface area contributed by atoms with E-state index >= 15 is 0 Å². The summed E-state index contributed by atoms with van der Waals surface area (Å²) in [4.78, 5) is 8.58. The van der Waals surface area contributed by atoms with Crippen LogP contribution in [0.5, 0.6) is 0 Å². The monoisotopic (exact) mass is 375 g/mol. The Kier molecular flexibility index (Phi) is 5.15. The SMILES string of the molecule is Cc1nc(S(=O)(=O)NCCc2cn(CC(C)C)c3ncccc23)cn1C. The molecule has 1 N–H and O–H groups in total. The Morgan fingerprint density at radius 1 is 1.27 bits per heavy atom. The molecule has 26 heavy (non-hydrogen) atoms. The lowest BCUT2D eigenvalue weighted by Gasteiger charge is -2.06. The van der Waals surface area contributed by atoms with Gasteiger partial charge in [0.1, 0.15) is 11.5 Å². The highest BCUT2D eigenvalue weighted by atomic mass is 32.2. The number of sulfonamides is 1. The highest BCUT2D eigenvalue weighted by Crippen LogP contribution is 2.21. The summed E-state index contributed by atoms with van der Waals surface area (Å²) < 4.78 is 31.3. The van der Waals surface area contributed by atoms with Gasteiger partial charge in [-0.05, 0) is 37.0 Å². The Morgan fingerprint density at radius 2 is 2.04 bits per heavy atom. The van der Waals surface area contributed by atoms with Crippen molar-refractivity contribution < 1.29 is 8.42 Å². The third kappa shape index (κ3) is 3.81. The Labute approximate surface area is 154 Å². The fourth-order valence-corrected chi connectivity index (χ4v) is 4.04. The Morgan fingerprint density at radius 3 is 2.69 bits per heavy atom. The van der Waals surface area contributed by atoms with Crippen molar-refractivity contribution in [3.8, 4) is 0 Å². The van der Waals surface area contributed by atoms with Crippen LogP contribution in [0.1, 0.15) is 25.2 Å². The maximum atomic E-state index is 12.4. The van der Waals surface area contributed by atoms with E-state index in [9.17, 15) is 8.42 Å². The van der Waals surface area contributed by atoms with Crippen molar-refractivity contribution in [1.82, 2.24) is 23.8 Å². The maximum absolute atomic E-state index is 12.4. The first-order valence-electron chi connectivity index (χ1n) is 8.70. The molecule has 0 atom stereocenters. The predicted octanol–water partition coefficient (Wildman–Crippen LogP) is 2.26. The fraction of sp³-hybridized carbons (Fsp3) is 0.444. The van der Waals surface area contributed by atoms with E-state index in [1.54, 1.807) is 24.7 Å². The van der Waals surface area contributed by atoms with Crippen molar-refractivity contribution in [3.63, 3.8) is 0 Å². The van der Waals surface area contributed by atoms with Gasteiger partial charge in [0.05, 0.1) is 0 Å². The average Bonchev–Trinajstić information content (AvgIpc) is 3.09. The van der Waals surface area contributed by atoms with Crippen LogP contribution < -0.4 is 4.72 Å². The molecule has 0 aliphatic carbocycles. The van der Waals surface area contributed by atoms with Crippen molar-refractivity contribution >= 4 is 21.1 Å². The zero-order chi connectivity index (χ0) is 18.9. The number of nitrogens with zero attached hydrogens (tertiary/aromatic N) is 4. The normalized spacial score (nSPS) is 12.3. The number of aromatic nitrogens is 4. The highest BCUT2D eigenvalue weighted by molar-refractivity contribution is 7.89. The molecule has 3 aromatic rings. The van der Waals surface area contributed by atoms with E-state index in [-0.39, 0.29) is 5.03 Å². The summed E-state index contributed by atoms with van der Waals surface area (Å²) in [6, 6.07) is 3.94. The van der Waals surface area contributed by atoms with Gasteiger partial charge in [-0.1, -0.05) is 13.8 Å². The van der Waals surface area contributed by atoms with Crippen LogP contribution in [-0.4, -0.2) is 34.1 Å². The highest BCUT2D eigenvalue weighted by Gasteiger charge is 2.18. The number of fused-ring (bicyclic) bond motifs is 1. The molecule has 0 radical (unpaired) electrons. The summed E-state index contributed by atoms with van der Waals surface area (Å²) in [7, 11) is -1.83. The molecule has 0 aromatic carbocycles. The van der Waals surface area contributed by atoms with E-state index in [2.05, 4.69) is 39.3 Å². The van der Waals surface area contributed by atoms with Crippen LogP contribution in [0.3, 0.4) is 0 Å². The molecule has 0 aliphatic heterocycles. The molecule has 0 saturated carbocycles. The van der Waals surface area contributed by atoms with E-state index in [0.717, 1.165) is 23.1 Å². The molecular formula is C18H25N5O2S. The minimum absolute atomic E-state index is 0.0569. The lowest BCUT2D eigenvalue weighted by atomic mass is 10.2. The summed E-state index contributed by atoms with van der Waals surface area (Å²) in [5, 5.41) is 1.13. The van der Waals surface area contributed by atoms with Crippen molar-refractivity contribution in [3.05, 3.63) is 42.1 Å². The summed E-state index contributed by atoms with van der Waals surface area (Å²) in [5.74, 6) is 1.17. The molecule has 7 nitrogen and oxygen atoms in total. The lowest BCUT2D eigenvalue weighted by Crippen LogP contribution is -2.26. The van der Waals surface area contributed by atoms with Crippen LogP contribution in [0.4, 0.5) is 0 Å². The summed E-state index contributed by atoms with van der Waals surface area (Å²) in [5.41, 5.74) is 2.04. The Balaban J connectivity index is 1.75. The van der Waals surface area contributed by atoms with E-state index < -0.39 is 10.0 Å². The molecule has 0 spiro atoms. The summed E-state index contributed by atoms with van der Waals surface area (Å²) in [6.07, 6.45) is 5.99. The van der Waals surface area contributed by atoms with Gasteiger partial charge in [-0.15, -0.1) is 0 Å². The van der Waals surface area contributed by atoms with Crippen LogP contribution >= 0.6 is 0 Å². The van der Waals surface area contributed by atoms with Gasteiger partial charge in [-0.2, -0.15) is 0 Å². The van der Waals surface area contributed by atoms with E-state index in [0.29, 0.717) is 24.7 Å². The molecule has 140 valence electrons. The van der Waals surface area contributed by atoms with Crippen molar-refractivity contribution in [2.24, 2.45) is 13.0 Å². The van der Waals surface area contributed by atoms with Gasteiger partial charge in [0.2, 0.25) is 0 Å². The van der Waals surface area contributed by atoms with Gasteiger partial charge in [0.15, 0.2) is 5.03 Å². The van der Waals surface area contributed by atoms with Gasteiger partial charge >= 0.3 is 0 Å². The number of hydrogen-bond acceptors (Lipinski definition) is 4. The second-order valence-corrected chi connectivity index (χ2v) is 8.67. The van der Waals surface area contributed by atoms with Gasteiger partial charge in [-0.25, -0.2) is 23.1 Å². The molecule has 0 aliphatic rings. The second-order valence-electron chi connectivity index (χ2n) is 6.96. The average molecular weight is 375 g/mol. The lowest BCUT2D eigenvalue weighted by molar-refractivity contribution is 0.532. The predicted molar refractivity (Wildman–Crippen MR) is 101 cm³/mol. The number of aryl methyl sites for hydroxylation is 2. The van der Waals surface area contributed by atoms with Crippen LogP contribution in [0.2, 0.25) is 0 Å². The molecule has 0 amide bonds. The molecule has 0 unspecified atom stereocenters. The smallest absolute Gasteiger partial charge is 0.259 e. The summed E-state index contributed by atoms with van der Waals surface area (Å²) in [6.45, 7) is 7.30. The molecular weight excluding hydrogens is 350 g/mol. The Bertz CT molecular complexity index is 998. The Hall–Kier alpha value is -2.19. The first kappa shape index (κ1) is 18.6. The first-order valence-corrected chi connectivity index (χ1v) is 10.2. The van der Waals surface area contributed by atoms with Crippen LogP contribution in [0.25, 0.3) is 11.0 Å².